The van der Waals surface area contributed by atoms with Crippen molar-refractivity contribution in [2.75, 3.05) is 26.2 Å². The van der Waals surface area contributed by atoms with Crippen LogP contribution in [0.3, 0.4) is 0 Å². The van der Waals surface area contributed by atoms with Crippen LogP contribution in [0, 0.1) is 5.92 Å². The van der Waals surface area contributed by atoms with Crippen molar-refractivity contribution >= 4 is 5.91 Å². The number of likely N-dealkylation sites (tertiary alicyclic amines) is 1. The number of nitrogens with one attached hydrogen (secondary N) is 1. The molecule has 26 heavy (non-hydrogen) atoms. The van der Waals surface area contributed by atoms with E-state index in [0.29, 0.717) is 24.6 Å². The maximum absolute atomic E-state index is 12.1. The maximum Gasteiger partial charge on any atom is 0.252 e. The van der Waals surface area contributed by atoms with Crippen molar-refractivity contribution in [1.29, 1.82) is 0 Å². The first-order chi connectivity index (χ1) is 12.7. The Hall–Kier alpha value is -2.31. The summed E-state index contributed by atoms with van der Waals surface area (Å²) >= 11 is 0. The SMILES string of the molecule is O=C(NCC1CCC2(CN(Cc3ccccn3)C2)OC1)c1cccnc1. The van der Waals surface area contributed by atoms with E-state index in [1.54, 1.807) is 24.5 Å². The lowest BCUT2D eigenvalue weighted by Crippen LogP contribution is -2.64. The molecule has 0 bridgehead atoms. The van der Waals surface area contributed by atoms with Crippen LogP contribution in [-0.2, 0) is 11.3 Å². The lowest BCUT2D eigenvalue weighted by molar-refractivity contribution is -0.181. The minimum Gasteiger partial charge on any atom is -0.372 e. The van der Waals surface area contributed by atoms with E-state index in [9.17, 15) is 4.79 Å². The zero-order chi connectivity index (χ0) is 17.8. The number of carbonyl (C=O) groups excluding carboxylic acids is 1. The predicted molar refractivity (Wildman–Crippen MR) is 97.5 cm³/mol. The van der Waals surface area contributed by atoms with E-state index in [2.05, 4.69) is 26.3 Å². The van der Waals surface area contributed by atoms with Gasteiger partial charge in [-0.1, -0.05) is 6.07 Å². The van der Waals surface area contributed by atoms with Crippen LogP contribution in [0.15, 0.2) is 48.9 Å². The Labute approximate surface area is 153 Å². The lowest BCUT2D eigenvalue weighted by atomic mass is 9.83. The monoisotopic (exact) mass is 352 g/mol. The minimum atomic E-state index is -0.0661. The molecule has 136 valence electrons. The first kappa shape index (κ1) is 17.1. The van der Waals surface area contributed by atoms with Crippen molar-refractivity contribution < 1.29 is 9.53 Å². The second-order valence-corrected chi connectivity index (χ2v) is 7.32. The molecule has 0 radical (unpaired) electrons. The highest BCUT2D eigenvalue weighted by Gasteiger charge is 2.46. The normalized spacial score (nSPS) is 21.9. The molecule has 2 aliphatic heterocycles. The smallest absolute Gasteiger partial charge is 0.252 e. The van der Waals surface area contributed by atoms with E-state index in [-0.39, 0.29) is 11.5 Å². The summed E-state index contributed by atoms with van der Waals surface area (Å²) in [6.45, 7) is 4.19. The number of amides is 1. The number of pyridine rings is 2. The zero-order valence-corrected chi connectivity index (χ0v) is 14.8. The third kappa shape index (κ3) is 3.92. The molecule has 1 atom stereocenters. The highest BCUT2D eigenvalue weighted by Crippen LogP contribution is 2.36. The molecule has 0 aromatic carbocycles. The van der Waals surface area contributed by atoms with Gasteiger partial charge in [0.1, 0.15) is 0 Å². The van der Waals surface area contributed by atoms with Crippen LogP contribution < -0.4 is 5.32 Å². The number of rotatable bonds is 5. The Bertz CT molecular complexity index is 722. The number of ether oxygens (including phenoxy) is 1. The highest BCUT2D eigenvalue weighted by atomic mass is 16.5. The quantitative estimate of drug-likeness (QED) is 0.890. The average Bonchev–Trinajstić information content (AvgIpc) is 2.67. The minimum absolute atomic E-state index is 0.0125. The standard InChI is InChI=1S/C20H24N4O2/c25-19(17-4-3-8-21-11-17)23-10-16-6-7-20(26-13-16)14-24(15-20)12-18-5-1-2-9-22-18/h1-5,8-9,11,16H,6-7,10,12-15H2,(H,23,25). The fourth-order valence-electron chi connectivity index (χ4n) is 3.77. The molecule has 1 amide bonds. The topological polar surface area (TPSA) is 67.4 Å². The molecule has 0 aliphatic carbocycles. The summed E-state index contributed by atoms with van der Waals surface area (Å²) in [6.07, 6.45) is 7.24. The molecule has 2 saturated heterocycles. The maximum atomic E-state index is 12.1. The molecular weight excluding hydrogens is 328 g/mol. The average molecular weight is 352 g/mol. The van der Waals surface area contributed by atoms with Gasteiger partial charge < -0.3 is 10.1 Å². The number of carbonyl (C=O) groups is 1. The molecule has 1 unspecified atom stereocenters. The highest BCUT2D eigenvalue weighted by molar-refractivity contribution is 5.93. The molecule has 2 aromatic rings. The van der Waals surface area contributed by atoms with E-state index in [1.807, 2.05) is 18.3 Å². The van der Waals surface area contributed by atoms with Gasteiger partial charge in [-0.3, -0.25) is 19.7 Å². The van der Waals surface area contributed by atoms with Crippen LogP contribution in [0.5, 0.6) is 0 Å². The summed E-state index contributed by atoms with van der Waals surface area (Å²) in [4.78, 5) is 22.8. The molecule has 4 rings (SSSR count). The number of aromatic nitrogens is 2. The summed E-state index contributed by atoms with van der Waals surface area (Å²) in [5.74, 6) is 0.314. The Morgan fingerprint density at radius 1 is 1.27 bits per heavy atom. The second-order valence-electron chi connectivity index (χ2n) is 7.32. The number of hydrogen-bond acceptors (Lipinski definition) is 5. The molecule has 1 N–H and O–H groups in total. The second kappa shape index (κ2) is 7.51. The van der Waals surface area contributed by atoms with Crippen molar-refractivity contribution in [2.24, 2.45) is 5.92 Å². The van der Waals surface area contributed by atoms with Gasteiger partial charge in [-0.15, -0.1) is 0 Å². The van der Waals surface area contributed by atoms with Gasteiger partial charge in [0.2, 0.25) is 0 Å². The summed E-state index contributed by atoms with van der Waals surface area (Å²) < 4.78 is 6.19. The van der Waals surface area contributed by atoms with Crippen molar-refractivity contribution in [3.63, 3.8) is 0 Å². The van der Waals surface area contributed by atoms with Gasteiger partial charge in [0, 0.05) is 44.8 Å². The summed E-state index contributed by atoms with van der Waals surface area (Å²) in [7, 11) is 0. The first-order valence-electron chi connectivity index (χ1n) is 9.17. The fourth-order valence-corrected chi connectivity index (χ4v) is 3.77. The van der Waals surface area contributed by atoms with Crippen LogP contribution in [0.2, 0.25) is 0 Å². The summed E-state index contributed by atoms with van der Waals surface area (Å²) in [6, 6.07) is 9.58. The molecule has 2 aliphatic rings. The predicted octanol–water partition coefficient (Wildman–Crippen LogP) is 1.89. The van der Waals surface area contributed by atoms with Crippen molar-refractivity contribution in [3.8, 4) is 0 Å². The van der Waals surface area contributed by atoms with Gasteiger partial charge in [0.15, 0.2) is 0 Å². The molecule has 6 nitrogen and oxygen atoms in total. The Kier molecular flexibility index (Phi) is 4.95. The largest absolute Gasteiger partial charge is 0.372 e. The van der Waals surface area contributed by atoms with Crippen LogP contribution >= 0.6 is 0 Å². The summed E-state index contributed by atoms with van der Waals surface area (Å²) in [5.41, 5.74) is 1.72. The van der Waals surface area contributed by atoms with Crippen molar-refractivity contribution in [1.82, 2.24) is 20.2 Å². The van der Waals surface area contributed by atoms with Crippen LogP contribution in [0.4, 0.5) is 0 Å². The van der Waals surface area contributed by atoms with E-state index in [1.165, 1.54) is 0 Å². The van der Waals surface area contributed by atoms with Crippen LogP contribution in [0.25, 0.3) is 0 Å². The number of nitrogens with zero attached hydrogens (tertiary/aromatic N) is 3. The Morgan fingerprint density at radius 2 is 2.19 bits per heavy atom. The fraction of sp³-hybridized carbons (Fsp3) is 0.450. The van der Waals surface area contributed by atoms with E-state index < -0.39 is 0 Å². The summed E-state index contributed by atoms with van der Waals surface area (Å²) in [5, 5.41) is 3.00. The van der Waals surface area contributed by atoms with Crippen molar-refractivity contribution in [2.45, 2.75) is 25.0 Å². The molecule has 0 saturated carbocycles. The van der Waals surface area contributed by atoms with E-state index in [4.69, 9.17) is 4.74 Å². The third-order valence-electron chi connectivity index (χ3n) is 5.24. The molecular formula is C20H24N4O2. The van der Waals surface area contributed by atoms with Gasteiger partial charge in [0.25, 0.3) is 5.91 Å². The molecule has 1 spiro atoms. The Morgan fingerprint density at radius 3 is 2.88 bits per heavy atom. The van der Waals surface area contributed by atoms with E-state index in [0.717, 1.165) is 38.2 Å². The van der Waals surface area contributed by atoms with Gasteiger partial charge in [-0.25, -0.2) is 0 Å². The zero-order valence-electron chi connectivity index (χ0n) is 14.8. The van der Waals surface area contributed by atoms with Crippen LogP contribution in [-0.4, -0.2) is 52.6 Å². The number of hydrogen-bond donors (Lipinski definition) is 1. The van der Waals surface area contributed by atoms with Gasteiger partial charge in [-0.05, 0) is 43.0 Å². The van der Waals surface area contributed by atoms with Gasteiger partial charge in [0.05, 0.1) is 23.5 Å². The van der Waals surface area contributed by atoms with Crippen molar-refractivity contribution in [3.05, 3.63) is 60.2 Å². The first-order valence-corrected chi connectivity index (χ1v) is 9.17. The van der Waals surface area contributed by atoms with Gasteiger partial charge >= 0.3 is 0 Å². The third-order valence-corrected chi connectivity index (χ3v) is 5.24. The molecule has 2 fully saturated rings. The Balaban J connectivity index is 1.19. The molecule has 4 heterocycles. The lowest BCUT2D eigenvalue weighted by Gasteiger charge is -2.52. The van der Waals surface area contributed by atoms with Crippen LogP contribution in [0.1, 0.15) is 28.9 Å². The molecule has 2 aromatic heterocycles. The molecule has 6 heteroatoms. The van der Waals surface area contributed by atoms with Gasteiger partial charge in [-0.2, -0.15) is 0 Å². The van der Waals surface area contributed by atoms with E-state index >= 15 is 0 Å².